The van der Waals surface area contributed by atoms with Crippen LogP contribution in [0.15, 0.2) is 60.7 Å². The molecule has 4 aromatic carbocycles. The second-order valence-electron chi connectivity index (χ2n) is 8.94. The number of hydrogen-bond donors (Lipinski definition) is 0. The van der Waals surface area contributed by atoms with Crippen LogP contribution < -0.4 is 0 Å². The molecule has 0 saturated heterocycles. The third-order valence-corrected chi connectivity index (χ3v) is 6.25. The van der Waals surface area contributed by atoms with E-state index in [-0.39, 0.29) is 5.43 Å². The smallest absolute Gasteiger partial charge is 0.0289 e. The maximum Gasteiger partial charge on any atom is -0.0289 e. The maximum atomic E-state index is 2.42. The molecule has 0 heterocycles. The third kappa shape index (κ3) is 6.05. The van der Waals surface area contributed by atoms with Gasteiger partial charge in [0.05, 0.1) is 0 Å². The van der Waals surface area contributed by atoms with Crippen LogP contribution in [0.3, 0.4) is 0 Å². The van der Waals surface area contributed by atoms with Crippen molar-refractivity contribution in [3.05, 3.63) is 94.0 Å². The van der Waals surface area contributed by atoms with E-state index < -0.39 is 0 Å². The number of fused-ring (bicyclic) bond motifs is 2. The van der Waals surface area contributed by atoms with Crippen molar-refractivity contribution in [1.82, 2.24) is 0 Å². The van der Waals surface area contributed by atoms with Gasteiger partial charge < -0.3 is 0 Å². The maximum absolute atomic E-state index is 2.42. The van der Waals surface area contributed by atoms with Crippen LogP contribution in [0, 0.1) is 27.7 Å². The first-order valence-corrected chi connectivity index (χ1v) is 17.4. The topological polar surface area (TPSA) is 0 Å². The van der Waals surface area contributed by atoms with E-state index in [4.69, 9.17) is 0 Å². The van der Waals surface area contributed by atoms with E-state index in [2.05, 4.69) is 101 Å². The van der Waals surface area contributed by atoms with Gasteiger partial charge in [-0.25, -0.2) is 0 Å². The first kappa shape index (κ1) is 24.1. The van der Waals surface area contributed by atoms with Gasteiger partial charge in [-0.2, -0.15) is 28.3 Å². The van der Waals surface area contributed by atoms with Crippen molar-refractivity contribution in [2.45, 2.75) is 60.1 Å². The zero-order valence-electron chi connectivity index (χ0n) is 19.9. The van der Waals surface area contributed by atoms with E-state index in [0.717, 1.165) is 0 Å². The van der Waals surface area contributed by atoms with Crippen LogP contribution in [0.4, 0.5) is 0 Å². The summed E-state index contributed by atoms with van der Waals surface area (Å²) in [6, 6.07) is 22.3. The van der Waals surface area contributed by atoms with Crippen LogP contribution in [0.5, 0.6) is 0 Å². The molecule has 0 nitrogen and oxygen atoms in total. The van der Waals surface area contributed by atoms with Crippen LogP contribution in [-0.4, -0.2) is 5.43 Å². The molecule has 0 amide bonds. The Morgan fingerprint density at radius 2 is 1.39 bits per heavy atom. The largest absolute Gasteiger partial charge is 0.196 e. The van der Waals surface area contributed by atoms with Crippen molar-refractivity contribution in [3.8, 4) is 11.1 Å². The summed E-state index contributed by atoms with van der Waals surface area (Å²) >= 11 is 1.74. The predicted molar refractivity (Wildman–Crippen MR) is 135 cm³/mol. The Hall–Kier alpha value is -1.50. The molecule has 0 saturated carbocycles. The SMILES string of the molecule is C[Si](C)=[Zr+2].Cc1[cH-]c(C)c(C)c1C.c1ccc(-c2c[cH-]c3cc4c(cc23)CCC4)cc1. The molecule has 1 aliphatic rings. The second kappa shape index (κ2) is 10.9. The normalized spacial score (nSPS) is 12.0. The molecule has 1 aliphatic carbocycles. The first-order valence-electron chi connectivity index (χ1n) is 11.3. The Kier molecular flexibility index (Phi) is 8.48. The summed E-state index contributed by atoms with van der Waals surface area (Å²) in [6.07, 6.45) is 3.84. The average Bonchev–Trinajstić information content (AvgIpc) is 3.42. The van der Waals surface area contributed by atoms with Gasteiger partial charge in [-0.15, -0.1) is 40.6 Å². The van der Waals surface area contributed by atoms with Gasteiger partial charge in [-0.3, -0.25) is 0 Å². The van der Waals surface area contributed by atoms with Gasteiger partial charge in [0, 0.05) is 0 Å². The standard InChI is InChI=1S/C18H15.C9H13.C2H6Si.Zr/c1-2-5-13(6-3-1)17-10-9-16-11-14-7-4-8-15(14)12-18(16)17;1-6-5-7(2)9(4)8(6)3;1-3-2;/h1-3,5-6,9-12H,4,7-8H2;5H,1-4H3;1-2H3;/q2*-1;;+2. The Morgan fingerprint density at radius 3 is 1.90 bits per heavy atom. The Balaban J connectivity index is 0.000000176. The van der Waals surface area contributed by atoms with Crippen molar-refractivity contribution in [2.24, 2.45) is 0 Å². The average molecular weight is 502 g/mol. The van der Waals surface area contributed by atoms with Gasteiger partial charge in [0.2, 0.25) is 0 Å². The van der Waals surface area contributed by atoms with Gasteiger partial charge in [0.1, 0.15) is 0 Å². The second-order valence-corrected chi connectivity index (χ2v) is 18.3. The van der Waals surface area contributed by atoms with E-state index in [9.17, 15) is 0 Å². The molecule has 0 bridgehead atoms. The van der Waals surface area contributed by atoms with Crippen molar-refractivity contribution < 1.29 is 23.3 Å². The fourth-order valence-electron chi connectivity index (χ4n) is 4.28. The van der Waals surface area contributed by atoms with Crippen LogP contribution in [0.25, 0.3) is 21.9 Å². The number of aryl methyl sites for hydroxylation is 4. The summed E-state index contributed by atoms with van der Waals surface area (Å²) in [7, 11) is 0. The van der Waals surface area contributed by atoms with Crippen LogP contribution in [0.2, 0.25) is 13.1 Å². The zero-order valence-corrected chi connectivity index (χ0v) is 23.4. The summed E-state index contributed by atoms with van der Waals surface area (Å²) < 4.78 is 0. The molecular weight excluding hydrogens is 468 g/mol. The first-order chi connectivity index (χ1) is 14.8. The molecular formula is C29H34SiZr. The van der Waals surface area contributed by atoms with Crippen molar-refractivity contribution in [1.29, 1.82) is 0 Å². The van der Waals surface area contributed by atoms with E-state index >= 15 is 0 Å². The molecule has 158 valence electrons. The number of benzene rings is 2. The van der Waals surface area contributed by atoms with Crippen LogP contribution >= 0.6 is 0 Å². The molecule has 31 heavy (non-hydrogen) atoms. The van der Waals surface area contributed by atoms with Gasteiger partial charge in [-0.05, 0) is 19.3 Å². The fourth-order valence-corrected chi connectivity index (χ4v) is 4.28. The Labute approximate surface area is 203 Å². The molecule has 0 N–H and O–H groups in total. The minimum atomic E-state index is 0.210. The molecule has 0 atom stereocenters. The van der Waals surface area contributed by atoms with E-state index in [1.807, 2.05) is 0 Å². The Morgan fingerprint density at radius 1 is 0.839 bits per heavy atom. The van der Waals surface area contributed by atoms with Gasteiger partial charge in [0.25, 0.3) is 0 Å². The van der Waals surface area contributed by atoms with Crippen LogP contribution in [0.1, 0.15) is 39.8 Å². The van der Waals surface area contributed by atoms with E-state index in [0.29, 0.717) is 0 Å². The van der Waals surface area contributed by atoms with E-state index in [1.165, 1.54) is 63.4 Å². The summed E-state index contributed by atoms with van der Waals surface area (Å²) in [5, 5.41) is 2.82. The van der Waals surface area contributed by atoms with Crippen molar-refractivity contribution in [3.63, 3.8) is 0 Å². The molecule has 4 aromatic rings. The minimum absolute atomic E-state index is 0.210. The third-order valence-electron chi connectivity index (χ3n) is 6.25. The number of hydrogen-bond acceptors (Lipinski definition) is 0. The van der Waals surface area contributed by atoms with E-state index in [1.54, 1.807) is 34.5 Å². The summed E-state index contributed by atoms with van der Waals surface area (Å²) in [5.41, 5.74) is 11.8. The molecule has 5 rings (SSSR count). The van der Waals surface area contributed by atoms with Gasteiger partial charge >= 0.3 is 41.9 Å². The summed E-state index contributed by atoms with van der Waals surface area (Å²) in [4.78, 5) is 0. The molecule has 0 aromatic heterocycles. The van der Waals surface area contributed by atoms with Gasteiger partial charge in [0.15, 0.2) is 0 Å². The molecule has 0 aliphatic heterocycles. The molecule has 0 unspecified atom stereocenters. The molecule has 0 fully saturated rings. The van der Waals surface area contributed by atoms with Crippen LogP contribution in [-0.2, 0) is 36.2 Å². The van der Waals surface area contributed by atoms with Gasteiger partial charge in [-0.1, -0.05) is 74.7 Å². The van der Waals surface area contributed by atoms with Crippen molar-refractivity contribution in [2.75, 3.05) is 0 Å². The molecule has 2 heteroatoms. The zero-order chi connectivity index (χ0) is 22.5. The predicted octanol–water partition coefficient (Wildman–Crippen LogP) is 8.14. The fraction of sp³-hybridized carbons (Fsp3) is 0.310. The monoisotopic (exact) mass is 500 g/mol. The summed E-state index contributed by atoms with van der Waals surface area (Å²) in [6.45, 7) is 13.3. The molecule has 0 radical (unpaired) electrons. The quantitative estimate of drug-likeness (QED) is 0.182. The van der Waals surface area contributed by atoms with Crippen molar-refractivity contribution >= 4 is 16.2 Å². The summed E-state index contributed by atoms with van der Waals surface area (Å²) in [5.74, 6) is 0. The Bertz CT molecular complexity index is 1150. The minimum Gasteiger partial charge on any atom is -0.196 e. The molecule has 0 spiro atoms. The number of rotatable bonds is 1.